The maximum Gasteiger partial charge on any atom is 0.433 e. The molecule has 2 rings (SSSR count). The topological polar surface area (TPSA) is 65.0 Å². The van der Waals surface area contributed by atoms with Crippen LogP contribution in [0.15, 0.2) is 18.0 Å². The fourth-order valence-corrected chi connectivity index (χ4v) is 2.00. The lowest BCUT2D eigenvalue weighted by molar-refractivity contribution is -0.141. The molecule has 1 aliphatic rings. The summed E-state index contributed by atoms with van der Waals surface area (Å²) in [5.41, 5.74) is -0.707. The molecule has 0 aliphatic carbocycles. The molecule has 2 heterocycles. The number of hydrogen-bond donors (Lipinski definition) is 2. The number of ether oxygens (including phenoxy) is 1. The first-order valence-corrected chi connectivity index (χ1v) is 6.10. The first kappa shape index (κ1) is 14.6. The van der Waals surface area contributed by atoms with Crippen LogP contribution in [0.4, 0.5) is 13.2 Å². The molecular weight excluding hydrogens is 273 g/mol. The molecule has 0 spiro atoms. The van der Waals surface area contributed by atoms with Gasteiger partial charge in [0.05, 0.1) is 25.1 Å². The molecule has 1 aliphatic heterocycles. The van der Waals surface area contributed by atoms with E-state index < -0.39 is 11.9 Å². The summed E-state index contributed by atoms with van der Waals surface area (Å²) in [6.45, 7) is 4.28. The largest absolute Gasteiger partial charge is 0.433 e. The van der Waals surface area contributed by atoms with E-state index in [9.17, 15) is 13.2 Å². The number of nitrogens with one attached hydrogen (secondary N) is 2. The van der Waals surface area contributed by atoms with Crippen LogP contribution in [0.1, 0.15) is 18.2 Å². The van der Waals surface area contributed by atoms with Crippen molar-refractivity contribution in [1.82, 2.24) is 15.1 Å². The second-order valence-corrected chi connectivity index (χ2v) is 4.46. The summed E-state index contributed by atoms with van der Waals surface area (Å²) in [7, 11) is 0. The van der Waals surface area contributed by atoms with Crippen molar-refractivity contribution in [1.29, 1.82) is 5.41 Å². The Morgan fingerprint density at radius 3 is 2.70 bits per heavy atom. The number of aromatic nitrogens is 2. The first-order chi connectivity index (χ1) is 9.39. The molecule has 1 fully saturated rings. The normalized spacial score (nSPS) is 17.4. The SMILES string of the molecule is C/C(=C\C(=N)c1cn[nH]c1C(F)(F)F)N1CCOCC1. The number of alkyl halides is 3. The lowest BCUT2D eigenvalue weighted by Gasteiger charge is -2.29. The van der Waals surface area contributed by atoms with Gasteiger partial charge in [-0.3, -0.25) is 5.10 Å². The Balaban J connectivity index is 2.17. The molecule has 2 N–H and O–H groups in total. The first-order valence-electron chi connectivity index (χ1n) is 6.10. The van der Waals surface area contributed by atoms with Crippen molar-refractivity contribution in [2.24, 2.45) is 0 Å². The van der Waals surface area contributed by atoms with Crippen LogP contribution in [0.2, 0.25) is 0 Å². The van der Waals surface area contributed by atoms with Gasteiger partial charge in [-0.05, 0) is 13.0 Å². The third-order valence-electron chi connectivity index (χ3n) is 3.08. The third-order valence-corrected chi connectivity index (χ3v) is 3.08. The minimum atomic E-state index is -4.54. The van der Waals surface area contributed by atoms with Crippen LogP contribution in [0.3, 0.4) is 0 Å². The van der Waals surface area contributed by atoms with Crippen molar-refractivity contribution in [3.05, 3.63) is 29.2 Å². The van der Waals surface area contributed by atoms with Crippen molar-refractivity contribution in [2.75, 3.05) is 26.3 Å². The second-order valence-electron chi connectivity index (χ2n) is 4.46. The molecule has 110 valence electrons. The smallest absolute Gasteiger partial charge is 0.378 e. The minimum Gasteiger partial charge on any atom is -0.378 e. The predicted molar refractivity (Wildman–Crippen MR) is 66.6 cm³/mol. The molecule has 20 heavy (non-hydrogen) atoms. The van der Waals surface area contributed by atoms with Gasteiger partial charge in [0.15, 0.2) is 0 Å². The molecule has 0 amide bonds. The minimum absolute atomic E-state index is 0.213. The highest BCUT2D eigenvalue weighted by molar-refractivity contribution is 6.07. The summed E-state index contributed by atoms with van der Waals surface area (Å²) in [5, 5.41) is 13.1. The van der Waals surface area contributed by atoms with Gasteiger partial charge in [-0.1, -0.05) is 0 Å². The average Bonchev–Trinajstić information content (AvgIpc) is 2.89. The molecule has 1 aromatic rings. The van der Waals surface area contributed by atoms with Gasteiger partial charge in [0.2, 0.25) is 0 Å². The van der Waals surface area contributed by atoms with Gasteiger partial charge < -0.3 is 15.0 Å². The molecule has 0 saturated carbocycles. The van der Waals surface area contributed by atoms with E-state index in [1.165, 1.54) is 6.08 Å². The van der Waals surface area contributed by atoms with E-state index >= 15 is 0 Å². The molecule has 1 saturated heterocycles. The summed E-state index contributed by atoms with van der Waals surface area (Å²) >= 11 is 0. The van der Waals surface area contributed by atoms with Crippen LogP contribution in [0.5, 0.6) is 0 Å². The quantitative estimate of drug-likeness (QED) is 0.836. The zero-order chi connectivity index (χ0) is 14.8. The Morgan fingerprint density at radius 1 is 1.45 bits per heavy atom. The molecule has 0 radical (unpaired) electrons. The standard InChI is InChI=1S/C12H15F3N4O/c1-8(19-2-4-20-5-3-19)6-10(16)9-7-17-18-11(9)12(13,14)15/h6-7,16H,2-5H2,1H3,(H,17,18)/b8-6+,16-10?. The Kier molecular flexibility index (Phi) is 4.12. The maximum absolute atomic E-state index is 12.7. The highest BCUT2D eigenvalue weighted by Gasteiger charge is 2.36. The van der Waals surface area contributed by atoms with E-state index in [1.807, 2.05) is 10.00 Å². The van der Waals surface area contributed by atoms with Crippen molar-refractivity contribution >= 4 is 5.71 Å². The molecule has 8 heteroatoms. The Morgan fingerprint density at radius 2 is 2.10 bits per heavy atom. The molecule has 0 bridgehead atoms. The van der Waals surface area contributed by atoms with Crippen LogP contribution in [0.25, 0.3) is 0 Å². The van der Waals surface area contributed by atoms with E-state index in [-0.39, 0.29) is 11.3 Å². The van der Waals surface area contributed by atoms with E-state index in [0.29, 0.717) is 26.3 Å². The summed E-state index contributed by atoms with van der Waals surface area (Å²) in [6.07, 6.45) is -2.10. The summed E-state index contributed by atoms with van der Waals surface area (Å²) in [5.74, 6) is 0. The van der Waals surface area contributed by atoms with Crippen LogP contribution in [-0.4, -0.2) is 47.1 Å². The van der Waals surface area contributed by atoms with Crippen molar-refractivity contribution in [2.45, 2.75) is 13.1 Å². The Labute approximate surface area is 113 Å². The second kappa shape index (κ2) is 5.66. The number of H-pyrrole nitrogens is 1. The van der Waals surface area contributed by atoms with Crippen molar-refractivity contribution < 1.29 is 17.9 Å². The third kappa shape index (κ3) is 3.19. The van der Waals surface area contributed by atoms with Gasteiger partial charge in [-0.15, -0.1) is 0 Å². The van der Waals surface area contributed by atoms with Gasteiger partial charge >= 0.3 is 6.18 Å². The Hall–Kier alpha value is -1.83. The predicted octanol–water partition coefficient (Wildman–Crippen LogP) is 2.03. The van der Waals surface area contributed by atoms with Gasteiger partial charge in [0.1, 0.15) is 5.69 Å². The van der Waals surface area contributed by atoms with Crippen molar-refractivity contribution in [3.8, 4) is 0 Å². The number of halogens is 3. The summed E-state index contributed by atoms with van der Waals surface area (Å²) in [4.78, 5) is 1.98. The van der Waals surface area contributed by atoms with Gasteiger partial charge in [0, 0.05) is 24.4 Å². The van der Waals surface area contributed by atoms with E-state index in [1.54, 1.807) is 6.92 Å². The van der Waals surface area contributed by atoms with Crippen LogP contribution >= 0.6 is 0 Å². The van der Waals surface area contributed by atoms with Gasteiger partial charge in [-0.25, -0.2) is 0 Å². The number of nitrogens with zero attached hydrogens (tertiary/aromatic N) is 2. The van der Waals surface area contributed by atoms with Crippen molar-refractivity contribution in [3.63, 3.8) is 0 Å². The number of aromatic amines is 1. The van der Waals surface area contributed by atoms with Gasteiger partial charge in [0.25, 0.3) is 0 Å². The zero-order valence-electron chi connectivity index (χ0n) is 10.9. The summed E-state index contributed by atoms with van der Waals surface area (Å²) < 4.78 is 43.4. The zero-order valence-corrected chi connectivity index (χ0v) is 10.9. The van der Waals surface area contributed by atoms with E-state index in [4.69, 9.17) is 10.1 Å². The fraction of sp³-hybridized carbons (Fsp3) is 0.500. The number of morpholine rings is 1. The molecular formula is C12H15F3N4O. The van der Waals surface area contributed by atoms with E-state index in [2.05, 4.69) is 5.10 Å². The number of rotatable bonds is 3. The molecule has 0 aromatic carbocycles. The lowest BCUT2D eigenvalue weighted by atomic mass is 10.1. The molecule has 0 atom stereocenters. The highest BCUT2D eigenvalue weighted by Crippen LogP contribution is 2.30. The van der Waals surface area contributed by atoms with Crippen LogP contribution in [0, 0.1) is 5.41 Å². The molecule has 1 aromatic heterocycles. The monoisotopic (exact) mass is 288 g/mol. The molecule has 5 nitrogen and oxygen atoms in total. The van der Waals surface area contributed by atoms with E-state index in [0.717, 1.165) is 11.9 Å². The maximum atomic E-state index is 12.7. The van der Waals surface area contributed by atoms with Crippen LogP contribution in [-0.2, 0) is 10.9 Å². The number of hydrogen-bond acceptors (Lipinski definition) is 4. The fourth-order valence-electron chi connectivity index (χ4n) is 2.00. The van der Waals surface area contributed by atoms with Crippen LogP contribution < -0.4 is 0 Å². The van der Waals surface area contributed by atoms with Gasteiger partial charge in [-0.2, -0.15) is 18.3 Å². The number of allylic oxidation sites excluding steroid dienone is 2. The summed E-state index contributed by atoms with van der Waals surface area (Å²) in [6, 6.07) is 0. The average molecular weight is 288 g/mol. The Bertz CT molecular complexity index is 515. The highest BCUT2D eigenvalue weighted by atomic mass is 19.4. The molecule has 0 unspecified atom stereocenters. The lowest BCUT2D eigenvalue weighted by Crippen LogP contribution is -2.35.